The summed E-state index contributed by atoms with van der Waals surface area (Å²) in [5, 5.41) is 3.27. The number of carbonyl (C=O) groups is 1. The normalized spacial score (nSPS) is 29.3. The number of amides is 1. The number of hydrogen-bond acceptors (Lipinski definition) is 4. The molecule has 1 unspecified atom stereocenters. The van der Waals surface area contributed by atoms with Crippen LogP contribution in [0, 0.1) is 0 Å². The maximum atomic E-state index is 12.2. The van der Waals surface area contributed by atoms with Crippen molar-refractivity contribution in [3.63, 3.8) is 0 Å². The van der Waals surface area contributed by atoms with Crippen LogP contribution >= 0.6 is 0 Å². The Kier molecular flexibility index (Phi) is 4.25. The summed E-state index contributed by atoms with van der Waals surface area (Å²) in [6.45, 7) is 11.9. The molecule has 0 aromatic carbocycles. The van der Waals surface area contributed by atoms with Crippen LogP contribution in [0.1, 0.15) is 20.8 Å². The van der Waals surface area contributed by atoms with E-state index in [1.54, 1.807) is 0 Å². The molecule has 0 aromatic heterocycles. The van der Waals surface area contributed by atoms with Crippen LogP contribution in [0.2, 0.25) is 0 Å². The van der Waals surface area contributed by atoms with Gasteiger partial charge in [-0.05, 0) is 20.8 Å². The fourth-order valence-corrected chi connectivity index (χ4v) is 2.91. The summed E-state index contributed by atoms with van der Waals surface area (Å²) in [5.74, 6) is 0.251. The van der Waals surface area contributed by atoms with E-state index in [0.29, 0.717) is 6.54 Å². The first-order chi connectivity index (χ1) is 8.46. The van der Waals surface area contributed by atoms with Crippen LogP contribution < -0.4 is 5.32 Å². The molecule has 1 atom stereocenters. The molecule has 18 heavy (non-hydrogen) atoms. The van der Waals surface area contributed by atoms with E-state index in [9.17, 15) is 4.79 Å². The van der Waals surface area contributed by atoms with Crippen molar-refractivity contribution in [2.45, 2.75) is 32.5 Å². The predicted octanol–water partition coefficient (Wildman–Crippen LogP) is -0.0825. The SMILES string of the molecule is CC1CN(CC(=O)N2CCNCC2)CC(C)(C)O1. The molecule has 2 heterocycles. The lowest BCUT2D eigenvalue weighted by Crippen LogP contribution is -2.56. The van der Waals surface area contributed by atoms with Crippen LogP contribution in [-0.2, 0) is 9.53 Å². The van der Waals surface area contributed by atoms with Crippen molar-refractivity contribution in [1.82, 2.24) is 15.1 Å². The number of carbonyl (C=O) groups excluding carboxylic acids is 1. The van der Waals surface area contributed by atoms with E-state index < -0.39 is 0 Å². The zero-order valence-electron chi connectivity index (χ0n) is 11.7. The van der Waals surface area contributed by atoms with Gasteiger partial charge in [0.25, 0.3) is 0 Å². The summed E-state index contributed by atoms with van der Waals surface area (Å²) in [5.41, 5.74) is -0.151. The summed E-state index contributed by atoms with van der Waals surface area (Å²) < 4.78 is 5.85. The molecule has 0 aliphatic carbocycles. The van der Waals surface area contributed by atoms with Gasteiger partial charge in [-0.1, -0.05) is 0 Å². The molecule has 2 aliphatic rings. The third-order valence-corrected chi connectivity index (χ3v) is 3.47. The van der Waals surface area contributed by atoms with Gasteiger partial charge >= 0.3 is 0 Å². The lowest BCUT2D eigenvalue weighted by Gasteiger charge is -2.42. The van der Waals surface area contributed by atoms with Gasteiger partial charge in [0.2, 0.25) is 5.91 Å². The highest BCUT2D eigenvalue weighted by Gasteiger charge is 2.32. The highest BCUT2D eigenvalue weighted by atomic mass is 16.5. The van der Waals surface area contributed by atoms with E-state index in [-0.39, 0.29) is 17.6 Å². The monoisotopic (exact) mass is 255 g/mol. The number of nitrogens with one attached hydrogen (secondary N) is 1. The van der Waals surface area contributed by atoms with Crippen LogP contribution in [0.25, 0.3) is 0 Å². The molecule has 104 valence electrons. The lowest BCUT2D eigenvalue weighted by atomic mass is 10.1. The Bertz CT molecular complexity index is 301. The molecule has 0 saturated carbocycles. The van der Waals surface area contributed by atoms with Gasteiger partial charge < -0.3 is 15.0 Å². The second kappa shape index (κ2) is 5.55. The number of nitrogens with zero attached hydrogens (tertiary/aromatic N) is 2. The first kappa shape index (κ1) is 13.8. The fraction of sp³-hybridized carbons (Fsp3) is 0.923. The molecule has 0 radical (unpaired) electrons. The van der Waals surface area contributed by atoms with Gasteiger partial charge in [0.1, 0.15) is 0 Å². The zero-order chi connectivity index (χ0) is 13.2. The van der Waals surface area contributed by atoms with E-state index in [1.165, 1.54) is 0 Å². The van der Waals surface area contributed by atoms with E-state index >= 15 is 0 Å². The Balaban J connectivity index is 1.86. The van der Waals surface area contributed by atoms with Gasteiger partial charge in [-0.2, -0.15) is 0 Å². The molecule has 0 aromatic rings. The average molecular weight is 255 g/mol. The van der Waals surface area contributed by atoms with Crippen LogP contribution in [0.15, 0.2) is 0 Å². The maximum Gasteiger partial charge on any atom is 0.236 e. The Labute approximate surface area is 109 Å². The summed E-state index contributed by atoms with van der Waals surface area (Å²) in [7, 11) is 0. The van der Waals surface area contributed by atoms with Crippen molar-refractivity contribution in [2.75, 3.05) is 45.8 Å². The van der Waals surface area contributed by atoms with Crippen molar-refractivity contribution < 1.29 is 9.53 Å². The van der Waals surface area contributed by atoms with E-state index in [1.807, 2.05) is 4.90 Å². The molecule has 1 amide bonds. The van der Waals surface area contributed by atoms with Crippen LogP contribution in [0.3, 0.4) is 0 Å². The summed E-state index contributed by atoms with van der Waals surface area (Å²) >= 11 is 0. The number of ether oxygens (including phenoxy) is 1. The summed E-state index contributed by atoms with van der Waals surface area (Å²) in [6.07, 6.45) is 0.199. The van der Waals surface area contributed by atoms with Crippen molar-refractivity contribution in [3.8, 4) is 0 Å². The van der Waals surface area contributed by atoms with Gasteiger partial charge in [-0.3, -0.25) is 9.69 Å². The Morgan fingerprint density at radius 1 is 1.39 bits per heavy atom. The van der Waals surface area contributed by atoms with E-state index in [0.717, 1.165) is 39.3 Å². The van der Waals surface area contributed by atoms with Gasteiger partial charge in [0, 0.05) is 39.3 Å². The Hall–Kier alpha value is -0.650. The Morgan fingerprint density at radius 2 is 2.06 bits per heavy atom. The molecule has 2 saturated heterocycles. The van der Waals surface area contributed by atoms with Gasteiger partial charge in [-0.15, -0.1) is 0 Å². The molecule has 2 fully saturated rings. The second-order valence-electron chi connectivity index (χ2n) is 5.99. The highest BCUT2D eigenvalue weighted by molar-refractivity contribution is 5.78. The van der Waals surface area contributed by atoms with Crippen LogP contribution in [0.4, 0.5) is 0 Å². The van der Waals surface area contributed by atoms with Crippen molar-refractivity contribution in [1.29, 1.82) is 0 Å². The third-order valence-electron chi connectivity index (χ3n) is 3.47. The zero-order valence-corrected chi connectivity index (χ0v) is 11.7. The number of morpholine rings is 1. The van der Waals surface area contributed by atoms with Gasteiger partial charge in [-0.25, -0.2) is 0 Å². The molecular weight excluding hydrogens is 230 g/mol. The van der Waals surface area contributed by atoms with Gasteiger partial charge in [0.15, 0.2) is 0 Å². The average Bonchev–Trinajstić information content (AvgIpc) is 2.27. The molecule has 0 bridgehead atoms. The summed E-state index contributed by atoms with van der Waals surface area (Å²) in [4.78, 5) is 16.4. The molecular formula is C13H25N3O2. The first-order valence-corrected chi connectivity index (χ1v) is 6.85. The summed E-state index contributed by atoms with van der Waals surface area (Å²) in [6, 6.07) is 0. The number of piperazine rings is 1. The first-order valence-electron chi connectivity index (χ1n) is 6.85. The molecule has 2 rings (SSSR count). The maximum absolute atomic E-state index is 12.2. The Morgan fingerprint density at radius 3 is 2.67 bits per heavy atom. The van der Waals surface area contributed by atoms with Crippen molar-refractivity contribution in [2.24, 2.45) is 0 Å². The topological polar surface area (TPSA) is 44.8 Å². The predicted molar refractivity (Wildman–Crippen MR) is 70.5 cm³/mol. The minimum atomic E-state index is -0.151. The molecule has 2 aliphatic heterocycles. The number of rotatable bonds is 2. The van der Waals surface area contributed by atoms with E-state index in [4.69, 9.17) is 4.74 Å². The van der Waals surface area contributed by atoms with Crippen molar-refractivity contribution >= 4 is 5.91 Å². The smallest absolute Gasteiger partial charge is 0.236 e. The molecule has 5 nitrogen and oxygen atoms in total. The highest BCUT2D eigenvalue weighted by Crippen LogP contribution is 2.20. The minimum absolute atomic E-state index is 0.151. The number of hydrogen-bond donors (Lipinski definition) is 1. The standard InChI is InChI=1S/C13H25N3O2/c1-11-8-15(10-13(2,3)18-11)9-12(17)16-6-4-14-5-7-16/h11,14H,4-10H2,1-3H3. The fourth-order valence-electron chi connectivity index (χ4n) is 2.91. The van der Waals surface area contributed by atoms with E-state index in [2.05, 4.69) is 31.0 Å². The molecule has 1 N–H and O–H groups in total. The lowest BCUT2D eigenvalue weighted by molar-refractivity contribution is -0.146. The minimum Gasteiger partial charge on any atom is -0.370 e. The second-order valence-corrected chi connectivity index (χ2v) is 5.99. The van der Waals surface area contributed by atoms with Gasteiger partial charge in [0.05, 0.1) is 18.2 Å². The molecule has 5 heteroatoms. The third kappa shape index (κ3) is 3.67. The largest absolute Gasteiger partial charge is 0.370 e. The van der Waals surface area contributed by atoms with Crippen LogP contribution in [0.5, 0.6) is 0 Å². The van der Waals surface area contributed by atoms with Crippen LogP contribution in [-0.4, -0.2) is 73.2 Å². The van der Waals surface area contributed by atoms with Crippen molar-refractivity contribution in [3.05, 3.63) is 0 Å². The molecule has 0 spiro atoms. The quantitative estimate of drug-likeness (QED) is 0.749.